The Labute approximate surface area is 124 Å². The molecule has 4 heteroatoms. The van der Waals surface area contributed by atoms with Crippen LogP contribution < -0.4 is 10.6 Å². The van der Waals surface area contributed by atoms with Crippen LogP contribution in [0.4, 0.5) is 14.9 Å². The van der Waals surface area contributed by atoms with E-state index in [1.807, 2.05) is 31.2 Å². The summed E-state index contributed by atoms with van der Waals surface area (Å²) in [6.45, 7) is 2.55. The Morgan fingerprint density at radius 2 is 1.81 bits per heavy atom. The fourth-order valence-corrected chi connectivity index (χ4v) is 2.09. The van der Waals surface area contributed by atoms with Gasteiger partial charge in [0.25, 0.3) is 0 Å². The number of amides is 2. The number of anilines is 1. The van der Waals surface area contributed by atoms with Gasteiger partial charge >= 0.3 is 6.03 Å². The lowest BCUT2D eigenvalue weighted by Gasteiger charge is -2.10. The zero-order valence-corrected chi connectivity index (χ0v) is 12.0. The molecular formula is C17H19FN2O. The number of halogens is 1. The van der Waals surface area contributed by atoms with Crippen molar-refractivity contribution in [3.8, 4) is 0 Å². The number of benzene rings is 2. The second-order valence-corrected chi connectivity index (χ2v) is 4.77. The molecule has 0 atom stereocenters. The van der Waals surface area contributed by atoms with Gasteiger partial charge in [0.1, 0.15) is 5.82 Å². The Morgan fingerprint density at radius 1 is 1.10 bits per heavy atom. The maximum atomic E-state index is 12.8. The number of aryl methyl sites for hydroxylation is 1. The molecule has 2 aromatic carbocycles. The highest BCUT2D eigenvalue weighted by molar-refractivity contribution is 5.90. The maximum Gasteiger partial charge on any atom is 0.319 e. The minimum Gasteiger partial charge on any atom is -0.338 e. The fourth-order valence-electron chi connectivity index (χ4n) is 2.09. The minimum atomic E-state index is -0.249. The van der Waals surface area contributed by atoms with Crippen LogP contribution in [0.15, 0.2) is 48.5 Å². The minimum absolute atomic E-state index is 0.224. The summed E-state index contributed by atoms with van der Waals surface area (Å²) in [6, 6.07) is 13.8. The summed E-state index contributed by atoms with van der Waals surface area (Å²) < 4.78 is 12.8. The van der Waals surface area contributed by atoms with Crippen molar-refractivity contribution in [1.82, 2.24) is 5.32 Å². The Kier molecular flexibility index (Phi) is 5.32. The zero-order valence-electron chi connectivity index (χ0n) is 12.0. The lowest BCUT2D eigenvalue weighted by Crippen LogP contribution is -2.30. The smallest absolute Gasteiger partial charge is 0.319 e. The molecule has 2 rings (SSSR count). The van der Waals surface area contributed by atoms with Gasteiger partial charge in [0.2, 0.25) is 0 Å². The topological polar surface area (TPSA) is 41.1 Å². The van der Waals surface area contributed by atoms with Crippen molar-refractivity contribution in [2.24, 2.45) is 0 Å². The molecule has 2 N–H and O–H groups in total. The Morgan fingerprint density at radius 3 is 2.52 bits per heavy atom. The molecule has 0 saturated carbocycles. The van der Waals surface area contributed by atoms with Crippen molar-refractivity contribution >= 4 is 11.7 Å². The van der Waals surface area contributed by atoms with E-state index in [4.69, 9.17) is 0 Å². The first-order valence-corrected chi connectivity index (χ1v) is 7.06. The molecule has 2 aromatic rings. The number of urea groups is 1. The maximum absolute atomic E-state index is 12.8. The fraction of sp³-hybridized carbons (Fsp3) is 0.235. The highest BCUT2D eigenvalue weighted by atomic mass is 19.1. The predicted octanol–water partition coefficient (Wildman–Crippen LogP) is 3.75. The molecule has 0 saturated heterocycles. The van der Waals surface area contributed by atoms with Crippen LogP contribution in [0.1, 0.15) is 18.1 Å². The summed E-state index contributed by atoms with van der Waals surface area (Å²) in [5, 5.41) is 5.65. The number of para-hydroxylation sites is 1. The van der Waals surface area contributed by atoms with E-state index in [0.29, 0.717) is 13.0 Å². The van der Waals surface area contributed by atoms with Crippen LogP contribution in [0.25, 0.3) is 0 Å². The van der Waals surface area contributed by atoms with Crippen LogP contribution in [0, 0.1) is 5.82 Å². The van der Waals surface area contributed by atoms with E-state index >= 15 is 0 Å². The molecule has 2 amide bonds. The Bertz CT molecular complexity index is 596. The first kappa shape index (κ1) is 15.0. The van der Waals surface area contributed by atoms with Crippen molar-refractivity contribution in [2.75, 3.05) is 11.9 Å². The molecule has 110 valence electrons. The number of hydrogen-bond acceptors (Lipinski definition) is 1. The molecule has 0 spiro atoms. The standard InChI is InChI=1S/C17H19FN2O/c1-2-14-5-3-4-6-16(14)20-17(21)19-12-11-13-7-9-15(18)10-8-13/h3-10H,2,11-12H2,1H3,(H2,19,20,21). The van der Waals surface area contributed by atoms with E-state index < -0.39 is 0 Å². The number of hydrogen-bond donors (Lipinski definition) is 2. The second-order valence-electron chi connectivity index (χ2n) is 4.77. The number of rotatable bonds is 5. The van der Waals surface area contributed by atoms with Crippen molar-refractivity contribution in [3.63, 3.8) is 0 Å². The van der Waals surface area contributed by atoms with Crippen LogP contribution in [-0.2, 0) is 12.8 Å². The third-order valence-electron chi connectivity index (χ3n) is 3.26. The van der Waals surface area contributed by atoms with Crippen molar-refractivity contribution in [2.45, 2.75) is 19.8 Å². The van der Waals surface area contributed by atoms with E-state index in [2.05, 4.69) is 10.6 Å². The zero-order chi connectivity index (χ0) is 15.1. The third kappa shape index (κ3) is 4.60. The van der Waals surface area contributed by atoms with Gasteiger partial charge in [-0.25, -0.2) is 9.18 Å². The van der Waals surface area contributed by atoms with Gasteiger partial charge in [-0.3, -0.25) is 0 Å². The quantitative estimate of drug-likeness (QED) is 0.863. The lowest BCUT2D eigenvalue weighted by molar-refractivity contribution is 0.252. The van der Waals surface area contributed by atoms with Gasteiger partial charge in [0.05, 0.1) is 0 Å². The van der Waals surface area contributed by atoms with E-state index in [1.165, 1.54) is 12.1 Å². The average Bonchev–Trinajstić information content (AvgIpc) is 2.50. The van der Waals surface area contributed by atoms with Gasteiger partial charge in [-0.05, 0) is 42.2 Å². The van der Waals surface area contributed by atoms with Gasteiger partial charge < -0.3 is 10.6 Å². The summed E-state index contributed by atoms with van der Waals surface area (Å²) in [7, 11) is 0. The van der Waals surface area contributed by atoms with Crippen LogP contribution in [0.5, 0.6) is 0 Å². The molecule has 0 aliphatic rings. The summed E-state index contributed by atoms with van der Waals surface area (Å²) in [5.74, 6) is -0.249. The van der Waals surface area contributed by atoms with Crippen molar-refractivity contribution < 1.29 is 9.18 Å². The van der Waals surface area contributed by atoms with Gasteiger partial charge in [0.15, 0.2) is 0 Å². The Hall–Kier alpha value is -2.36. The molecule has 0 aliphatic heterocycles. The van der Waals surface area contributed by atoms with Crippen LogP contribution in [0.2, 0.25) is 0 Å². The van der Waals surface area contributed by atoms with E-state index in [-0.39, 0.29) is 11.8 Å². The number of carbonyl (C=O) groups excluding carboxylic acids is 1. The molecule has 0 radical (unpaired) electrons. The largest absolute Gasteiger partial charge is 0.338 e. The highest BCUT2D eigenvalue weighted by Gasteiger charge is 2.04. The monoisotopic (exact) mass is 286 g/mol. The SMILES string of the molecule is CCc1ccccc1NC(=O)NCCc1ccc(F)cc1. The van der Waals surface area contributed by atoms with Crippen molar-refractivity contribution in [3.05, 3.63) is 65.5 Å². The van der Waals surface area contributed by atoms with E-state index in [9.17, 15) is 9.18 Å². The third-order valence-corrected chi connectivity index (χ3v) is 3.26. The predicted molar refractivity (Wildman–Crippen MR) is 82.9 cm³/mol. The van der Waals surface area contributed by atoms with Gasteiger partial charge in [-0.1, -0.05) is 37.3 Å². The van der Waals surface area contributed by atoms with Crippen LogP contribution in [-0.4, -0.2) is 12.6 Å². The van der Waals surface area contributed by atoms with Crippen molar-refractivity contribution in [1.29, 1.82) is 0 Å². The summed E-state index contributed by atoms with van der Waals surface area (Å²) in [4.78, 5) is 11.8. The van der Waals surface area contributed by atoms with Crippen LogP contribution >= 0.6 is 0 Å². The van der Waals surface area contributed by atoms with E-state index in [1.54, 1.807) is 12.1 Å². The number of carbonyl (C=O) groups is 1. The molecule has 0 aliphatic carbocycles. The summed E-state index contributed by atoms with van der Waals surface area (Å²) >= 11 is 0. The van der Waals surface area contributed by atoms with Crippen LogP contribution in [0.3, 0.4) is 0 Å². The lowest BCUT2D eigenvalue weighted by atomic mass is 10.1. The first-order valence-electron chi connectivity index (χ1n) is 7.06. The second kappa shape index (κ2) is 7.43. The molecule has 21 heavy (non-hydrogen) atoms. The molecule has 0 fully saturated rings. The molecule has 0 aromatic heterocycles. The molecular weight excluding hydrogens is 267 g/mol. The molecule has 3 nitrogen and oxygen atoms in total. The number of nitrogens with one attached hydrogen (secondary N) is 2. The highest BCUT2D eigenvalue weighted by Crippen LogP contribution is 2.14. The van der Waals surface area contributed by atoms with E-state index in [0.717, 1.165) is 23.2 Å². The van der Waals surface area contributed by atoms with Gasteiger partial charge in [-0.15, -0.1) is 0 Å². The summed E-state index contributed by atoms with van der Waals surface area (Å²) in [5.41, 5.74) is 2.93. The average molecular weight is 286 g/mol. The molecule has 0 unspecified atom stereocenters. The first-order chi connectivity index (χ1) is 10.2. The van der Waals surface area contributed by atoms with Gasteiger partial charge in [0, 0.05) is 12.2 Å². The molecule has 0 heterocycles. The Balaban J connectivity index is 1.81. The van der Waals surface area contributed by atoms with Gasteiger partial charge in [-0.2, -0.15) is 0 Å². The molecule has 0 bridgehead atoms. The summed E-state index contributed by atoms with van der Waals surface area (Å²) in [6.07, 6.45) is 1.54. The normalized spacial score (nSPS) is 10.2.